The maximum Gasteiger partial charge on any atom is 0.166 e. The molecule has 0 aromatic heterocycles. The van der Waals surface area contributed by atoms with Crippen LogP contribution in [0.3, 0.4) is 0 Å². The first-order valence-electron chi connectivity index (χ1n) is 3.84. The Kier molecular flexibility index (Phi) is 2.61. The Morgan fingerprint density at radius 3 is 2.54 bits per heavy atom. The van der Waals surface area contributed by atoms with E-state index in [1.807, 2.05) is 0 Å². The minimum Gasteiger partial charge on any atom is -0.204 e. The van der Waals surface area contributed by atoms with Gasteiger partial charge in [-0.25, -0.2) is 8.78 Å². The van der Waals surface area contributed by atoms with Crippen LogP contribution in [0.5, 0.6) is 0 Å². The van der Waals surface area contributed by atoms with Crippen LogP contribution in [0.1, 0.15) is 6.92 Å². The van der Waals surface area contributed by atoms with Gasteiger partial charge in [-0.2, -0.15) is 0 Å². The van der Waals surface area contributed by atoms with Gasteiger partial charge in [-0.05, 0) is 23.8 Å². The first kappa shape index (κ1) is 9.65. The third-order valence-electron chi connectivity index (χ3n) is 1.88. The zero-order chi connectivity index (χ0) is 10.0. The normalized spacial score (nSPS) is 12.5. The predicted octanol–water partition coefficient (Wildman–Crippen LogP) is 1.73. The number of hydrogen-bond donors (Lipinski definition) is 0. The SMILES string of the molecule is C=C/C(C)=c1/c(F)c(F)ccc1=C. The number of hydrogen-bond acceptors (Lipinski definition) is 0. The van der Waals surface area contributed by atoms with E-state index < -0.39 is 11.6 Å². The second kappa shape index (κ2) is 3.52. The molecule has 0 amide bonds. The lowest BCUT2D eigenvalue weighted by Crippen LogP contribution is -2.29. The van der Waals surface area contributed by atoms with Gasteiger partial charge in [-0.3, -0.25) is 0 Å². The average Bonchev–Trinajstić information content (AvgIpc) is 2.12. The van der Waals surface area contributed by atoms with E-state index in [1.165, 1.54) is 12.1 Å². The lowest BCUT2D eigenvalue weighted by atomic mass is 10.1. The van der Waals surface area contributed by atoms with Crippen LogP contribution in [0.15, 0.2) is 24.8 Å². The number of allylic oxidation sites excluding steroid dienone is 1. The molecule has 0 atom stereocenters. The molecule has 0 aliphatic carbocycles. The molecule has 0 saturated heterocycles. The minimum atomic E-state index is -0.858. The van der Waals surface area contributed by atoms with Gasteiger partial charge in [-0.15, -0.1) is 0 Å². The monoisotopic (exact) mass is 180 g/mol. The summed E-state index contributed by atoms with van der Waals surface area (Å²) in [4.78, 5) is 0. The van der Waals surface area contributed by atoms with E-state index in [2.05, 4.69) is 13.2 Å². The van der Waals surface area contributed by atoms with E-state index in [-0.39, 0.29) is 5.22 Å². The maximum atomic E-state index is 13.2. The van der Waals surface area contributed by atoms with E-state index in [4.69, 9.17) is 0 Å². The molecular formula is C11H10F2. The summed E-state index contributed by atoms with van der Waals surface area (Å²) in [6.07, 6.45) is 1.48. The number of benzene rings is 1. The van der Waals surface area contributed by atoms with Crippen molar-refractivity contribution in [1.82, 2.24) is 0 Å². The highest BCUT2D eigenvalue weighted by Crippen LogP contribution is 1.98. The number of rotatable bonds is 1. The van der Waals surface area contributed by atoms with Gasteiger partial charge in [0, 0.05) is 5.22 Å². The minimum absolute atomic E-state index is 0.204. The fourth-order valence-electron chi connectivity index (χ4n) is 1.12. The van der Waals surface area contributed by atoms with Gasteiger partial charge in [0.25, 0.3) is 0 Å². The van der Waals surface area contributed by atoms with Crippen LogP contribution in [-0.2, 0) is 0 Å². The van der Waals surface area contributed by atoms with Crippen LogP contribution in [0.4, 0.5) is 8.78 Å². The first-order chi connectivity index (χ1) is 6.07. The summed E-state index contributed by atoms with van der Waals surface area (Å²) in [6.45, 7) is 8.78. The van der Waals surface area contributed by atoms with Crippen LogP contribution < -0.4 is 10.4 Å². The molecule has 0 heterocycles. The molecule has 2 heteroatoms. The quantitative estimate of drug-likeness (QED) is 0.617. The van der Waals surface area contributed by atoms with Crippen molar-refractivity contribution < 1.29 is 8.78 Å². The van der Waals surface area contributed by atoms with Gasteiger partial charge in [0.1, 0.15) is 0 Å². The summed E-state index contributed by atoms with van der Waals surface area (Å²) in [7, 11) is 0. The van der Waals surface area contributed by atoms with Gasteiger partial charge in [-0.1, -0.05) is 25.3 Å². The Morgan fingerprint density at radius 2 is 2.00 bits per heavy atom. The van der Waals surface area contributed by atoms with Crippen LogP contribution in [0.2, 0.25) is 0 Å². The summed E-state index contributed by atoms with van der Waals surface area (Å²) in [5.41, 5.74) is 0.585. The van der Waals surface area contributed by atoms with Crippen LogP contribution in [0.25, 0.3) is 12.2 Å². The van der Waals surface area contributed by atoms with Gasteiger partial charge in [0.05, 0.1) is 0 Å². The zero-order valence-corrected chi connectivity index (χ0v) is 7.40. The highest BCUT2D eigenvalue weighted by Gasteiger charge is 2.03. The fraction of sp³-hybridized carbons (Fsp3) is 0.0909. The Hall–Kier alpha value is -1.44. The van der Waals surface area contributed by atoms with E-state index in [9.17, 15) is 8.78 Å². The number of halogens is 2. The molecule has 0 bridgehead atoms. The Bertz CT molecular complexity index is 444. The molecule has 0 saturated carbocycles. The molecular weight excluding hydrogens is 170 g/mol. The fourth-order valence-corrected chi connectivity index (χ4v) is 1.12. The Labute approximate surface area is 75.5 Å². The second-order valence-electron chi connectivity index (χ2n) is 2.78. The molecule has 0 unspecified atom stereocenters. The molecule has 1 aromatic rings. The second-order valence-corrected chi connectivity index (χ2v) is 2.78. The molecule has 0 aliphatic rings. The van der Waals surface area contributed by atoms with Crippen LogP contribution >= 0.6 is 0 Å². The molecule has 0 N–H and O–H groups in total. The topological polar surface area (TPSA) is 0 Å². The van der Waals surface area contributed by atoms with Crippen molar-refractivity contribution in [3.8, 4) is 0 Å². The summed E-state index contributed by atoms with van der Waals surface area (Å²) < 4.78 is 26.0. The summed E-state index contributed by atoms with van der Waals surface area (Å²) in [6, 6.07) is 2.51. The molecule has 0 fully saturated rings. The molecule has 1 aromatic carbocycles. The van der Waals surface area contributed by atoms with Crippen LogP contribution in [0, 0.1) is 11.6 Å². The van der Waals surface area contributed by atoms with E-state index >= 15 is 0 Å². The summed E-state index contributed by atoms with van der Waals surface area (Å²) in [5, 5.41) is 0.673. The van der Waals surface area contributed by atoms with Gasteiger partial charge in [0.15, 0.2) is 11.6 Å². The van der Waals surface area contributed by atoms with Gasteiger partial charge >= 0.3 is 0 Å². The summed E-state index contributed by atoms with van der Waals surface area (Å²) in [5.74, 6) is -1.71. The average molecular weight is 180 g/mol. The van der Waals surface area contributed by atoms with Crippen molar-refractivity contribution in [3.63, 3.8) is 0 Å². The largest absolute Gasteiger partial charge is 0.204 e. The summed E-state index contributed by atoms with van der Waals surface area (Å²) >= 11 is 0. The Morgan fingerprint density at radius 1 is 1.38 bits per heavy atom. The molecule has 0 radical (unpaired) electrons. The van der Waals surface area contributed by atoms with E-state index in [1.54, 1.807) is 6.92 Å². The first-order valence-corrected chi connectivity index (χ1v) is 3.84. The van der Waals surface area contributed by atoms with E-state index in [0.717, 1.165) is 6.07 Å². The molecule has 0 aliphatic heterocycles. The van der Waals surface area contributed by atoms with Crippen molar-refractivity contribution in [2.24, 2.45) is 0 Å². The zero-order valence-electron chi connectivity index (χ0n) is 7.40. The Balaban J connectivity index is 3.82. The maximum absolute atomic E-state index is 13.2. The smallest absolute Gasteiger partial charge is 0.166 e. The third kappa shape index (κ3) is 1.66. The highest BCUT2D eigenvalue weighted by atomic mass is 19.2. The molecule has 13 heavy (non-hydrogen) atoms. The highest BCUT2D eigenvalue weighted by molar-refractivity contribution is 5.53. The van der Waals surface area contributed by atoms with Gasteiger partial charge < -0.3 is 0 Å². The molecule has 0 spiro atoms. The van der Waals surface area contributed by atoms with Crippen molar-refractivity contribution >= 4 is 12.2 Å². The molecule has 1 rings (SSSR count). The third-order valence-corrected chi connectivity index (χ3v) is 1.88. The molecule has 68 valence electrons. The van der Waals surface area contributed by atoms with E-state index in [0.29, 0.717) is 10.8 Å². The predicted molar refractivity (Wildman–Crippen MR) is 50.4 cm³/mol. The van der Waals surface area contributed by atoms with Crippen molar-refractivity contribution in [2.45, 2.75) is 6.92 Å². The van der Waals surface area contributed by atoms with Crippen LogP contribution in [-0.4, -0.2) is 0 Å². The van der Waals surface area contributed by atoms with Gasteiger partial charge in [0.2, 0.25) is 0 Å². The molecule has 0 nitrogen and oxygen atoms in total. The van der Waals surface area contributed by atoms with Crippen molar-refractivity contribution in [3.05, 3.63) is 46.9 Å². The van der Waals surface area contributed by atoms with Crippen molar-refractivity contribution in [1.29, 1.82) is 0 Å². The standard InChI is InChI=1S/C11H10F2/c1-4-7(2)10-8(3)5-6-9(12)11(10)13/h4-6H,1,3H2,2H3/b10-7+. The lowest BCUT2D eigenvalue weighted by molar-refractivity contribution is 0.501. The van der Waals surface area contributed by atoms with Crippen molar-refractivity contribution in [2.75, 3.05) is 0 Å². The lowest BCUT2D eigenvalue weighted by Gasteiger charge is -1.97.